The highest BCUT2D eigenvalue weighted by molar-refractivity contribution is 5.79. The number of imidazole rings is 1. The molecule has 5 heteroatoms. The molecule has 0 radical (unpaired) electrons. The molecular formula is C19H19N3O2. The normalized spacial score (nSPS) is 13.8. The second kappa shape index (κ2) is 6.00. The lowest BCUT2D eigenvalue weighted by Crippen LogP contribution is -2.39. The minimum atomic E-state index is 0.151. The minimum absolute atomic E-state index is 0.151. The Bertz CT molecular complexity index is 865. The van der Waals surface area contributed by atoms with E-state index in [0.717, 1.165) is 35.0 Å². The molecule has 0 bridgehead atoms. The van der Waals surface area contributed by atoms with Gasteiger partial charge in [-0.2, -0.15) is 0 Å². The van der Waals surface area contributed by atoms with Crippen molar-refractivity contribution in [1.82, 2.24) is 14.5 Å². The van der Waals surface area contributed by atoms with Crippen LogP contribution in [-0.4, -0.2) is 26.9 Å². The van der Waals surface area contributed by atoms with Crippen molar-refractivity contribution in [3.8, 4) is 11.5 Å². The molecule has 0 saturated heterocycles. The first kappa shape index (κ1) is 14.8. The molecule has 4 rings (SSSR count). The summed E-state index contributed by atoms with van der Waals surface area (Å²) in [5.41, 5.74) is 3.22. The first-order valence-electron chi connectivity index (χ1n) is 8.13. The van der Waals surface area contributed by atoms with Crippen LogP contribution in [0.4, 0.5) is 0 Å². The molecule has 5 nitrogen and oxygen atoms in total. The lowest BCUT2D eigenvalue weighted by molar-refractivity contribution is -0.132. The summed E-state index contributed by atoms with van der Waals surface area (Å²) in [6.45, 7) is 4.03. The third-order valence-electron chi connectivity index (χ3n) is 4.59. The zero-order chi connectivity index (χ0) is 16.5. The van der Waals surface area contributed by atoms with E-state index in [0.29, 0.717) is 19.5 Å². The highest BCUT2D eigenvalue weighted by Crippen LogP contribution is 2.24. The summed E-state index contributed by atoms with van der Waals surface area (Å²) in [7, 11) is 0. The van der Waals surface area contributed by atoms with Gasteiger partial charge >= 0.3 is 0 Å². The third-order valence-corrected chi connectivity index (χ3v) is 4.59. The zero-order valence-corrected chi connectivity index (χ0v) is 13.6. The number of fused-ring (bicyclic) bond motifs is 1. The Morgan fingerprint density at radius 2 is 2.08 bits per heavy atom. The van der Waals surface area contributed by atoms with Gasteiger partial charge in [0.15, 0.2) is 5.76 Å². The molecule has 3 heterocycles. The van der Waals surface area contributed by atoms with Crippen LogP contribution in [0, 0.1) is 6.92 Å². The standard InChI is InChI=1S/C19H19N3O2/c1-14-5-2-3-6-15(14)11-19(23)21-8-9-22-16(12-20-18(22)13-21)17-7-4-10-24-17/h2-7,10,12H,8-9,11,13H2,1H3. The van der Waals surface area contributed by atoms with E-state index in [1.54, 1.807) is 6.26 Å². The highest BCUT2D eigenvalue weighted by atomic mass is 16.3. The first-order valence-corrected chi connectivity index (χ1v) is 8.13. The molecule has 1 aromatic carbocycles. The smallest absolute Gasteiger partial charge is 0.227 e. The molecule has 0 saturated carbocycles. The van der Waals surface area contributed by atoms with Gasteiger partial charge in [-0.3, -0.25) is 4.79 Å². The second-order valence-corrected chi connectivity index (χ2v) is 6.11. The van der Waals surface area contributed by atoms with Crippen LogP contribution in [0.1, 0.15) is 17.0 Å². The van der Waals surface area contributed by atoms with Crippen LogP contribution >= 0.6 is 0 Å². The largest absolute Gasteiger partial charge is 0.463 e. The summed E-state index contributed by atoms with van der Waals surface area (Å²) in [5, 5.41) is 0. The minimum Gasteiger partial charge on any atom is -0.463 e. The Morgan fingerprint density at radius 3 is 2.88 bits per heavy atom. The van der Waals surface area contributed by atoms with Gasteiger partial charge in [-0.1, -0.05) is 24.3 Å². The molecule has 0 atom stereocenters. The van der Waals surface area contributed by atoms with E-state index in [1.807, 2.05) is 54.4 Å². The maximum atomic E-state index is 12.6. The van der Waals surface area contributed by atoms with Crippen LogP contribution in [0.5, 0.6) is 0 Å². The van der Waals surface area contributed by atoms with Crippen LogP contribution in [-0.2, 0) is 24.3 Å². The number of carbonyl (C=O) groups is 1. The van der Waals surface area contributed by atoms with E-state index in [-0.39, 0.29) is 5.91 Å². The Morgan fingerprint density at radius 1 is 1.21 bits per heavy atom. The van der Waals surface area contributed by atoms with E-state index in [9.17, 15) is 4.79 Å². The van der Waals surface area contributed by atoms with Gasteiger partial charge in [0.25, 0.3) is 0 Å². The van der Waals surface area contributed by atoms with Gasteiger partial charge in [0.05, 0.1) is 25.4 Å². The van der Waals surface area contributed by atoms with Crippen molar-refractivity contribution in [3.05, 3.63) is 65.8 Å². The van der Waals surface area contributed by atoms with Crippen molar-refractivity contribution < 1.29 is 9.21 Å². The third kappa shape index (κ3) is 2.62. The van der Waals surface area contributed by atoms with E-state index in [1.165, 1.54) is 0 Å². The number of nitrogens with zero attached hydrogens (tertiary/aromatic N) is 3. The number of carbonyl (C=O) groups excluding carboxylic acids is 1. The van der Waals surface area contributed by atoms with Gasteiger partial charge in [-0.05, 0) is 30.2 Å². The number of aryl methyl sites for hydroxylation is 1. The number of amides is 1. The maximum Gasteiger partial charge on any atom is 0.227 e. The Labute approximate surface area is 140 Å². The molecule has 0 fully saturated rings. The van der Waals surface area contributed by atoms with Gasteiger partial charge in [0, 0.05) is 13.1 Å². The Kier molecular flexibility index (Phi) is 3.69. The van der Waals surface area contributed by atoms with E-state index in [2.05, 4.69) is 9.55 Å². The van der Waals surface area contributed by atoms with Crippen molar-refractivity contribution in [1.29, 1.82) is 0 Å². The SMILES string of the molecule is Cc1ccccc1CC(=O)N1CCn2c(-c3ccco3)cnc2C1. The average Bonchev–Trinajstić information content (AvgIpc) is 3.25. The van der Waals surface area contributed by atoms with Crippen molar-refractivity contribution >= 4 is 5.91 Å². The Balaban J connectivity index is 1.51. The van der Waals surface area contributed by atoms with Crippen molar-refractivity contribution in [2.45, 2.75) is 26.4 Å². The summed E-state index contributed by atoms with van der Waals surface area (Å²) >= 11 is 0. The number of hydrogen-bond donors (Lipinski definition) is 0. The van der Waals surface area contributed by atoms with Crippen LogP contribution in [0.15, 0.2) is 53.3 Å². The van der Waals surface area contributed by atoms with Gasteiger partial charge in [-0.25, -0.2) is 4.98 Å². The first-order chi connectivity index (χ1) is 11.7. The molecule has 122 valence electrons. The van der Waals surface area contributed by atoms with Gasteiger partial charge < -0.3 is 13.9 Å². The molecule has 0 unspecified atom stereocenters. The molecule has 24 heavy (non-hydrogen) atoms. The molecule has 1 amide bonds. The zero-order valence-electron chi connectivity index (χ0n) is 13.6. The lowest BCUT2D eigenvalue weighted by atomic mass is 10.1. The number of aromatic nitrogens is 2. The van der Waals surface area contributed by atoms with E-state index in [4.69, 9.17) is 4.42 Å². The summed E-state index contributed by atoms with van der Waals surface area (Å²) < 4.78 is 7.60. The molecular weight excluding hydrogens is 302 g/mol. The average molecular weight is 321 g/mol. The van der Waals surface area contributed by atoms with Crippen LogP contribution < -0.4 is 0 Å². The van der Waals surface area contributed by atoms with Gasteiger partial charge in [0.1, 0.15) is 11.5 Å². The number of benzene rings is 1. The fraction of sp³-hybridized carbons (Fsp3) is 0.263. The summed E-state index contributed by atoms with van der Waals surface area (Å²) in [4.78, 5) is 19.0. The number of furan rings is 1. The predicted molar refractivity (Wildman–Crippen MR) is 90.2 cm³/mol. The maximum absolute atomic E-state index is 12.6. The highest BCUT2D eigenvalue weighted by Gasteiger charge is 2.24. The summed E-state index contributed by atoms with van der Waals surface area (Å²) in [6.07, 6.45) is 3.93. The molecule has 1 aliphatic rings. The Hall–Kier alpha value is -2.82. The second-order valence-electron chi connectivity index (χ2n) is 6.11. The van der Waals surface area contributed by atoms with Crippen LogP contribution in [0.2, 0.25) is 0 Å². The monoisotopic (exact) mass is 321 g/mol. The molecule has 0 spiro atoms. The van der Waals surface area contributed by atoms with Crippen molar-refractivity contribution in [2.75, 3.05) is 6.54 Å². The molecule has 0 N–H and O–H groups in total. The molecule has 0 aliphatic carbocycles. The molecule has 2 aromatic heterocycles. The van der Waals surface area contributed by atoms with Gasteiger partial charge in [-0.15, -0.1) is 0 Å². The predicted octanol–water partition coefficient (Wildman–Crippen LogP) is 3.04. The van der Waals surface area contributed by atoms with Crippen molar-refractivity contribution in [2.24, 2.45) is 0 Å². The van der Waals surface area contributed by atoms with Crippen LogP contribution in [0.25, 0.3) is 11.5 Å². The van der Waals surface area contributed by atoms with E-state index >= 15 is 0 Å². The van der Waals surface area contributed by atoms with Crippen LogP contribution in [0.3, 0.4) is 0 Å². The van der Waals surface area contributed by atoms with E-state index < -0.39 is 0 Å². The van der Waals surface area contributed by atoms with Gasteiger partial charge in [0.2, 0.25) is 5.91 Å². The summed E-state index contributed by atoms with van der Waals surface area (Å²) in [5.74, 6) is 1.87. The topological polar surface area (TPSA) is 51.3 Å². The molecule has 3 aromatic rings. The molecule has 1 aliphatic heterocycles. The lowest BCUT2D eigenvalue weighted by Gasteiger charge is -2.28. The fourth-order valence-electron chi connectivity index (χ4n) is 3.18. The quantitative estimate of drug-likeness (QED) is 0.745. The number of hydrogen-bond acceptors (Lipinski definition) is 3. The van der Waals surface area contributed by atoms with Crippen molar-refractivity contribution in [3.63, 3.8) is 0 Å². The number of rotatable bonds is 3. The summed E-state index contributed by atoms with van der Waals surface area (Å²) in [6, 6.07) is 11.8. The fourth-order valence-corrected chi connectivity index (χ4v) is 3.18.